The van der Waals surface area contributed by atoms with E-state index in [0.29, 0.717) is 28.5 Å². The highest BCUT2D eigenvalue weighted by atomic mass is 16.6. The van der Waals surface area contributed by atoms with Crippen LogP contribution in [0.3, 0.4) is 0 Å². The molecule has 0 saturated carbocycles. The summed E-state index contributed by atoms with van der Waals surface area (Å²) in [4.78, 5) is 52.5. The van der Waals surface area contributed by atoms with E-state index < -0.39 is 29.4 Å². The van der Waals surface area contributed by atoms with Crippen LogP contribution in [0.1, 0.15) is 69.4 Å². The fraction of sp³-hybridized carbons (Fsp3) is 0.364. The van der Waals surface area contributed by atoms with Crippen LogP contribution in [0.2, 0.25) is 0 Å². The maximum atomic E-state index is 14.0. The number of ether oxygens (including phenoxy) is 1. The molecule has 5 rings (SSSR count). The maximum absolute atomic E-state index is 14.0. The van der Waals surface area contributed by atoms with Crippen molar-refractivity contribution >= 4 is 56.4 Å². The van der Waals surface area contributed by atoms with Crippen molar-refractivity contribution in [3.05, 3.63) is 76.1 Å². The Balaban J connectivity index is 1.46. The molecule has 3 heterocycles. The lowest BCUT2D eigenvalue weighted by Gasteiger charge is -2.15. The molecule has 0 N–H and O–H groups in total. The second-order valence-corrected chi connectivity index (χ2v) is 11.1. The van der Waals surface area contributed by atoms with Crippen molar-refractivity contribution < 1.29 is 24.0 Å². The van der Waals surface area contributed by atoms with Crippen LogP contribution < -0.4 is 0 Å². The summed E-state index contributed by atoms with van der Waals surface area (Å²) in [5.41, 5.74) is 2.80. The van der Waals surface area contributed by atoms with Crippen LogP contribution in [0.4, 0.5) is 5.69 Å². The van der Waals surface area contributed by atoms with Crippen molar-refractivity contribution in [2.45, 2.75) is 58.3 Å². The first-order valence-corrected chi connectivity index (χ1v) is 14.8. The van der Waals surface area contributed by atoms with Gasteiger partial charge in [-0.25, -0.2) is 4.90 Å². The van der Waals surface area contributed by atoms with Gasteiger partial charge in [-0.3, -0.25) is 24.5 Å². The highest BCUT2D eigenvalue weighted by Crippen LogP contribution is 2.42. The fourth-order valence-electron chi connectivity index (χ4n) is 5.85. The van der Waals surface area contributed by atoms with Gasteiger partial charge in [0.05, 0.1) is 21.6 Å². The first kappa shape index (κ1) is 29.8. The van der Waals surface area contributed by atoms with Crippen molar-refractivity contribution in [1.82, 2.24) is 14.0 Å². The van der Waals surface area contributed by atoms with Gasteiger partial charge in [-0.2, -0.15) is 0 Å². The van der Waals surface area contributed by atoms with Crippen molar-refractivity contribution in [2.75, 3.05) is 6.73 Å². The van der Waals surface area contributed by atoms with Gasteiger partial charge in [0.15, 0.2) is 6.73 Å². The molecular formula is C33H36N4O6. The molecule has 0 atom stereocenters. The van der Waals surface area contributed by atoms with Crippen LogP contribution in [-0.4, -0.2) is 43.5 Å². The van der Waals surface area contributed by atoms with E-state index in [2.05, 4.69) is 6.92 Å². The molecule has 0 aliphatic carbocycles. The Morgan fingerprint density at radius 3 is 2.05 bits per heavy atom. The number of aromatic nitrogens is 2. The molecule has 2 aromatic heterocycles. The Morgan fingerprint density at radius 1 is 0.814 bits per heavy atom. The molecule has 0 fully saturated rings. The topological polar surface area (TPSA) is 117 Å². The molecule has 0 unspecified atom stereocenters. The molecule has 10 heteroatoms. The van der Waals surface area contributed by atoms with E-state index in [-0.39, 0.29) is 23.3 Å². The number of non-ortho nitro benzene ring substituents is 1. The summed E-state index contributed by atoms with van der Waals surface area (Å²) >= 11 is 0. The van der Waals surface area contributed by atoms with Gasteiger partial charge in [-0.15, -0.1) is 0 Å². The predicted molar refractivity (Wildman–Crippen MR) is 165 cm³/mol. The molecule has 1 aliphatic rings. The number of unbranched alkanes of at least 4 members (excludes halogenated alkanes) is 6. The highest BCUT2D eigenvalue weighted by molar-refractivity contribution is 6.50. The number of aryl methyl sites for hydroxylation is 2. The summed E-state index contributed by atoms with van der Waals surface area (Å²) in [6.07, 6.45) is 11.2. The third-order valence-corrected chi connectivity index (χ3v) is 8.13. The Labute approximate surface area is 249 Å². The van der Waals surface area contributed by atoms with Crippen molar-refractivity contribution in [3.63, 3.8) is 0 Å². The SMILES string of the molecule is CCCCCCCCCC(=O)OCN1C(=O)C(c2cn(C)c3ccccc23)=C(c2cn(C)c3cc([N+](=O)[O-])ccc23)C1=O. The number of amides is 2. The minimum atomic E-state index is -0.581. The summed E-state index contributed by atoms with van der Waals surface area (Å²) in [5, 5.41) is 12.8. The molecule has 224 valence electrons. The number of nitrogens with zero attached hydrogens (tertiary/aromatic N) is 4. The number of hydrogen-bond donors (Lipinski definition) is 0. The molecule has 0 spiro atoms. The van der Waals surface area contributed by atoms with Gasteiger partial charge in [-0.1, -0.05) is 63.6 Å². The van der Waals surface area contributed by atoms with Crippen LogP contribution >= 0.6 is 0 Å². The van der Waals surface area contributed by atoms with Crippen molar-refractivity contribution in [1.29, 1.82) is 0 Å². The quantitative estimate of drug-likeness (QED) is 0.0582. The Bertz CT molecular complexity index is 1760. The lowest BCUT2D eigenvalue weighted by atomic mass is 9.95. The largest absolute Gasteiger partial charge is 0.444 e. The number of esters is 1. The predicted octanol–water partition coefficient (Wildman–Crippen LogP) is 6.50. The summed E-state index contributed by atoms with van der Waals surface area (Å²) < 4.78 is 9.04. The normalized spacial score (nSPS) is 13.6. The molecular weight excluding hydrogens is 548 g/mol. The number of nitro benzene ring substituents is 1. The Morgan fingerprint density at radius 2 is 1.40 bits per heavy atom. The van der Waals surface area contributed by atoms with Gasteiger partial charge < -0.3 is 13.9 Å². The second-order valence-electron chi connectivity index (χ2n) is 11.1. The number of para-hydroxylation sites is 1. The van der Waals surface area contributed by atoms with Crippen LogP contribution in [-0.2, 0) is 33.2 Å². The molecule has 10 nitrogen and oxygen atoms in total. The summed E-state index contributed by atoms with van der Waals surface area (Å²) in [6, 6.07) is 12.0. The Hall–Kier alpha value is -4.73. The average Bonchev–Trinajstić information content (AvgIpc) is 3.58. The van der Waals surface area contributed by atoms with E-state index in [1.54, 1.807) is 23.9 Å². The van der Waals surface area contributed by atoms with Gasteiger partial charge in [0.25, 0.3) is 17.5 Å². The molecule has 1 aliphatic heterocycles. The molecule has 2 aromatic carbocycles. The summed E-state index contributed by atoms with van der Waals surface area (Å²) in [7, 11) is 3.60. The molecule has 4 aromatic rings. The summed E-state index contributed by atoms with van der Waals surface area (Å²) in [6.45, 7) is 1.69. The number of imide groups is 1. The van der Waals surface area contributed by atoms with E-state index in [4.69, 9.17) is 4.74 Å². The van der Waals surface area contributed by atoms with Crippen molar-refractivity contribution in [2.24, 2.45) is 14.1 Å². The molecule has 2 amide bonds. The first-order chi connectivity index (χ1) is 20.7. The lowest BCUT2D eigenvalue weighted by molar-refractivity contribution is -0.384. The second kappa shape index (κ2) is 12.6. The number of rotatable bonds is 13. The molecule has 0 radical (unpaired) electrons. The van der Waals surface area contributed by atoms with Crippen LogP contribution in [0.25, 0.3) is 33.0 Å². The Kier molecular flexibility index (Phi) is 8.75. The third kappa shape index (κ3) is 5.82. The highest BCUT2D eigenvalue weighted by Gasteiger charge is 2.42. The van der Waals surface area contributed by atoms with Crippen LogP contribution in [0.15, 0.2) is 54.9 Å². The maximum Gasteiger partial charge on any atom is 0.307 e. The van der Waals surface area contributed by atoms with Gasteiger partial charge >= 0.3 is 5.97 Å². The average molecular weight is 585 g/mol. The zero-order valence-corrected chi connectivity index (χ0v) is 24.8. The van der Waals surface area contributed by atoms with E-state index in [1.165, 1.54) is 31.4 Å². The number of carbonyl (C=O) groups excluding carboxylic acids is 3. The number of benzene rings is 2. The number of fused-ring (bicyclic) bond motifs is 2. The van der Waals surface area contributed by atoms with E-state index in [0.717, 1.165) is 35.1 Å². The zero-order valence-electron chi connectivity index (χ0n) is 24.8. The fourth-order valence-corrected chi connectivity index (χ4v) is 5.85. The van der Waals surface area contributed by atoms with E-state index in [9.17, 15) is 24.5 Å². The number of nitro groups is 1. The molecule has 0 saturated heterocycles. The van der Waals surface area contributed by atoms with Crippen LogP contribution in [0, 0.1) is 10.1 Å². The number of carbonyl (C=O) groups is 3. The van der Waals surface area contributed by atoms with Gasteiger partial charge in [-0.05, 0) is 18.6 Å². The van der Waals surface area contributed by atoms with E-state index >= 15 is 0 Å². The monoisotopic (exact) mass is 584 g/mol. The smallest absolute Gasteiger partial charge is 0.307 e. The van der Waals surface area contributed by atoms with Crippen molar-refractivity contribution in [3.8, 4) is 0 Å². The van der Waals surface area contributed by atoms with E-state index in [1.807, 2.05) is 42.1 Å². The van der Waals surface area contributed by atoms with Crippen LogP contribution in [0.5, 0.6) is 0 Å². The van der Waals surface area contributed by atoms with Gasteiger partial charge in [0.1, 0.15) is 0 Å². The van der Waals surface area contributed by atoms with Gasteiger partial charge in [0, 0.05) is 72.5 Å². The third-order valence-electron chi connectivity index (χ3n) is 8.13. The minimum absolute atomic E-state index is 0.0770. The molecule has 43 heavy (non-hydrogen) atoms. The lowest BCUT2D eigenvalue weighted by Crippen LogP contribution is -2.34. The minimum Gasteiger partial charge on any atom is -0.444 e. The number of hydrogen-bond acceptors (Lipinski definition) is 6. The first-order valence-electron chi connectivity index (χ1n) is 14.8. The van der Waals surface area contributed by atoms with Gasteiger partial charge in [0.2, 0.25) is 0 Å². The molecule has 0 bridgehead atoms. The standard InChI is InChI=1S/C33H36N4O6/c1-4-5-6-7-8-9-10-15-29(38)43-21-36-32(39)30(25-19-34(2)27-14-12-11-13-23(25)27)31(33(36)40)26-20-35(3)28-18-22(37(41)42)16-17-24(26)28/h11-14,16-20H,4-10,15,21H2,1-3H3. The zero-order chi connectivity index (χ0) is 30.7. The summed E-state index contributed by atoms with van der Waals surface area (Å²) in [5.74, 6) is -1.59.